The van der Waals surface area contributed by atoms with E-state index in [9.17, 15) is 18.3 Å². The summed E-state index contributed by atoms with van der Waals surface area (Å²) in [6.45, 7) is 0. The molecule has 1 aromatic heterocycles. The van der Waals surface area contributed by atoms with Crippen LogP contribution in [-0.2, 0) is 14.6 Å². The molecular weight excluding hydrogens is 454 g/mol. The van der Waals surface area contributed by atoms with Crippen molar-refractivity contribution in [1.29, 1.82) is 0 Å². The summed E-state index contributed by atoms with van der Waals surface area (Å²) in [6, 6.07) is 13.5. The van der Waals surface area contributed by atoms with Gasteiger partial charge in [-0.15, -0.1) is 10.2 Å². The van der Waals surface area contributed by atoms with Gasteiger partial charge >= 0.3 is 5.97 Å². The van der Waals surface area contributed by atoms with E-state index in [4.69, 9.17) is 17.3 Å². The van der Waals surface area contributed by atoms with Crippen molar-refractivity contribution in [2.24, 2.45) is 5.92 Å². The van der Waals surface area contributed by atoms with E-state index in [2.05, 4.69) is 10.2 Å². The largest absolute Gasteiger partial charge is 0.481 e. The Morgan fingerprint density at radius 3 is 2.21 bits per heavy atom. The Morgan fingerprint density at radius 1 is 1.10 bits per heavy atom. The van der Waals surface area contributed by atoms with Crippen LogP contribution in [0.25, 0.3) is 11.1 Å². The Hall–Kier alpha value is -2.14. The first-order valence-corrected chi connectivity index (χ1v) is 12.1. The fourth-order valence-electron chi connectivity index (χ4n) is 2.50. The summed E-state index contributed by atoms with van der Waals surface area (Å²) >= 11 is 8.13. The summed E-state index contributed by atoms with van der Waals surface area (Å²) in [6.07, 6.45) is 0. The lowest BCUT2D eigenvalue weighted by atomic mass is 10.1. The lowest BCUT2D eigenvalue weighted by molar-refractivity contribution is -0.140. The number of carbonyl (C=O) groups is 1. The normalized spacial score (nSPS) is 12.6. The number of nitrogens with zero attached hydrogens (tertiary/aromatic N) is 2. The van der Waals surface area contributed by atoms with Crippen LogP contribution >= 0.6 is 34.7 Å². The van der Waals surface area contributed by atoms with Crippen molar-refractivity contribution in [3.8, 4) is 11.1 Å². The summed E-state index contributed by atoms with van der Waals surface area (Å²) in [5, 5.41) is 17.8. The zero-order valence-corrected chi connectivity index (χ0v) is 18.1. The molecule has 152 valence electrons. The van der Waals surface area contributed by atoms with Crippen LogP contribution < -0.4 is 5.73 Å². The van der Waals surface area contributed by atoms with Crippen molar-refractivity contribution in [1.82, 2.24) is 10.2 Å². The number of aromatic nitrogens is 2. The van der Waals surface area contributed by atoms with E-state index in [1.165, 1.54) is 12.1 Å². The molecule has 1 unspecified atom stereocenters. The Kier molecular flexibility index (Phi) is 6.78. The smallest absolute Gasteiger partial charge is 0.308 e. The molecule has 3 aromatic rings. The molecule has 1 heterocycles. The lowest BCUT2D eigenvalue weighted by Crippen LogP contribution is -2.26. The number of nitrogen functional groups attached to an aromatic ring is 1. The maximum Gasteiger partial charge on any atom is 0.308 e. The molecule has 7 nitrogen and oxygen atoms in total. The van der Waals surface area contributed by atoms with E-state index in [1.807, 2.05) is 12.1 Å². The summed E-state index contributed by atoms with van der Waals surface area (Å²) in [4.78, 5) is 11.6. The van der Waals surface area contributed by atoms with Gasteiger partial charge in [0.25, 0.3) is 0 Å². The van der Waals surface area contributed by atoms with Gasteiger partial charge in [-0.05, 0) is 35.4 Å². The van der Waals surface area contributed by atoms with Crippen molar-refractivity contribution in [2.45, 2.75) is 9.24 Å². The highest BCUT2D eigenvalue weighted by molar-refractivity contribution is 8.01. The average Bonchev–Trinajstić information content (AvgIpc) is 3.11. The number of nitrogens with two attached hydrogens (primary N) is 1. The first kappa shape index (κ1) is 21.6. The molecule has 0 saturated carbocycles. The Balaban J connectivity index is 1.72. The number of anilines is 1. The maximum absolute atomic E-state index is 12.7. The first-order chi connectivity index (χ1) is 13.7. The van der Waals surface area contributed by atoms with E-state index >= 15 is 0 Å². The minimum atomic E-state index is -3.78. The van der Waals surface area contributed by atoms with Gasteiger partial charge < -0.3 is 10.8 Å². The minimum Gasteiger partial charge on any atom is -0.481 e. The molecule has 0 radical (unpaired) electrons. The number of sulfone groups is 1. The van der Waals surface area contributed by atoms with E-state index in [0.717, 1.165) is 34.2 Å². The lowest BCUT2D eigenvalue weighted by Gasteiger charge is -2.12. The topological polar surface area (TPSA) is 123 Å². The predicted molar refractivity (Wildman–Crippen MR) is 115 cm³/mol. The highest BCUT2D eigenvalue weighted by Crippen LogP contribution is 2.28. The second-order valence-corrected chi connectivity index (χ2v) is 10.8. The van der Waals surface area contributed by atoms with Crippen LogP contribution in [0, 0.1) is 5.92 Å². The molecular formula is C18H16ClN3O4S3. The Bertz CT molecular complexity index is 1100. The van der Waals surface area contributed by atoms with Gasteiger partial charge in [0.2, 0.25) is 5.13 Å². The fourth-order valence-corrected chi connectivity index (χ4v) is 6.05. The van der Waals surface area contributed by atoms with E-state index < -0.39 is 27.5 Å². The molecule has 3 rings (SSSR count). The quantitative estimate of drug-likeness (QED) is 0.478. The van der Waals surface area contributed by atoms with Gasteiger partial charge in [-0.2, -0.15) is 0 Å². The molecule has 29 heavy (non-hydrogen) atoms. The molecule has 0 spiro atoms. The molecule has 0 aliphatic carbocycles. The van der Waals surface area contributed by atoms with Crippen molar-refractivity contribution in [3.63, 3.8) is 0 Å². The van der Waals surface area contributed by atoms with Gasteiger partial charge in [-0.1, -0.05) is 59.0 Å². The summed E-state index contributed by atoms with van der Waals surface area (Å²) in [7, 11) is -3.78. The molecule has 0 bridgehead atoms. The molecule has 0 fully saturated rings. The second-order valence-electron chi connectivity index (χ2n) is 6.07. The van der Waals surface area contributed by atoms with Crippen molar-refractivity contribution < 1.29 is 18.3 Å². The van der Waals surface area contributed by atoms with E-state index in [1.54, 1.807) is 24.3 Å². The zero-order valence-electron chi connectivity index (χ0n) is 14.9. The number of thioether (sulfide) groups is 1. The first-order valence-electron chi connectivity index (χ1n) is 8.28. The second kappa shape index (κ2) is 9.12. The van der Waals surface area contributed by atoms with Gasteiger partial charge in [-0.25, -0.2) is 8.42 Å². The number of rotatable bonds is 8. The number of carboxylic acids is 1. The Morgan fingerprint density at radius 2 is 1.69 bits per heavy atom. The van der Waals surface area contributed by atoms with Gasteiger partial charge in [0.1, 0.15) is 0 Å². The molecule has 1 atom stereocenters. The highest BCUT2D eigenvalue weighted by Gasteiger charge is 2.27. The minimum absolute atomic E-state index is 0.0477. The van der Waals surface area contributed by atoms with Crippen LogP contribution in [-0.4, -0.2) is 41.2 Å². The van der Waals surface area contributed by atoms with Crippen LogP contribution in [0.2, 0.25) is 5.02 Å². The van der Waals surface area contributed by atoms with E-state index in [0.29, 0.717) is 9.36 Å². The molecule has 0 saturated heterocycles. The molecule has 0 aliphatic heterocycles. The highest BCUT2D eigenvalue weighted by atomic mass is 35.5. The van der Waals surface area contributed by atoms with Gasteiger partial charge in [0.05, 0.1) is 16.6 Å². The SMILES string of the molecule is Nc1nnc(SCC(CS(=O)(=O)c2ccc(-c3ccc(Cl)cc3)cc2)C(=O)O)s1. The summed E-state index contributed by atoms with van der Waals surface area (Å²) in [5.41, 5.74) is 7.23. The third kappa shape index (κ3) is 5.69. The van der Waals surface area contributed by atoms with E-state index in [-0.39, 0.29) is 15.8 Å². The molecule has 0 aliphatic rings. The molecule has 2 aromatic carbocycles. The average molecular weight is 470 g/mol. The number of hydrogen-bond donors (Lipinski definition) is 2. The van der Waals surface area contributed by atoms with Crippen LogP contribution in [0.4, 0.5) is 5.13 Å². The number of carboxylic acid groups (broad SMARTS) is 1. The molecule has 3 N–H and O–H groups in total. The maximum atomic E-state index is 12.7. The Labute approximate surface area is 180 Å². The summed E-state index contributed by atoms with van der Waals surface area (Å²) < 4.78 is 25.9. The van der Waals surface area contributed by atoms with Crippen LogP contribution in [0.3, 0.4) is 0 Å². The van der Waals surface area contributed by atoms with Crippen molar-refractivity contribution >= 4 is 55.6 Å². The van der Waals surface area contributed by atoms with Crippen LogP contribution in [0.5, 0.6) is 0 Å². The molecule has 11 heteroatoms. The van der Waals surface area contributed by atoms with Crippen LogP contribution in [0.15, 0.2) is 57.8 Å². The third-order valence-corrected chi connectivity index (χ3v) is 8.12. The number of hydrogen-bond acceptors (Lipinski definition) is 8. The summed E-state index contributed by atoms with van der Waals surface area (Å²) in [5.74, 6) is -2.74. The number of benzene rings is 2. The molecule has 0 amide bonds. The van der Waals surface area contributed by atoms with Crippen molar-refractivity contribution in [2.75, 3.05) is 17.2 Å². The zero-order chi connectivity index (χ0) is 21.0. The van der Waals surface area contributed by atoms with Crippen LogP contribution in [0.1, 0.15) is 0 Å². The van der Waals surface area contributed by atoms with Crippen molar-refractivity contribution in [3.05, 3.63) is 53.6 Å². The predicted octanol–water partition coefficient (Wildman–Crippen LogP) is 3.71. The van der Waals surface area contributed by atoms with Gasteiger partial charge in [0.15, 0.2) is 14.2 Å². The third-order valence-electron chi connectivity index (χ3n) is 3.99. The monoisotopic (exact) mass is 469 g/mol. The van der Waals surface area contributed by atoms with Gasteiger partial charge in [0, 0.05) is 10.8 Å². The number of halogens is 1. The number of aliphatic carboxylic acids is 1. The standard InChI is InChI=1S/C18H16ClN3O4S3/c19-14-5-1-11(2-6-14)12-3-7-15(8-4-12)29(25,26)10-13(16(23)24)9-27-18-22-21-17(20)28-18/h1-8,13H,9-10H2,(H2,20,21)(H,23,24). The van der Waals surface area contributed by atoms with Gasteiger partial charge in [-0.3, -0.25) is 4.79 Å². The fraction of sp³-hybridized carbons (Fsp3) is 0.167.